The SMILES string of the molecule is C/C(=C/C(C)N(C)C)C(N)=O.Cl. The Bertz CT molecular complexity index is 178. The molecule has 0 aliphatic heterocycles. The lowest BCUT2D eigenvalue weighted by Gasteiger charge is -2.15. The number of amides is 1. The van der Waals surface area contributed by atoms with Gasteiger partial charge in [-0.25, -0.2) is 0 Å². The van der Waals surface area contributed by atoms with Crippen LogP contribution in [0, 0.1) is 0 Å². The second-order valence-corrected chi connectivity index (χ2v) is 2.92. The minimum Gasteiger partial charge on any atom is -0.366 e. The van der Waals surface area contributed by atoms with E-state index in [-0.39, 0.29) is 24.4 Å². The highest BCUT2D eigenvalue weighted by Crippen LogP contribution is 1.98. The summed E-state index contributed by atoms with van der Waals surface area (Å²) in [6, 6.07) is 0.252. The summed E-state index contributed by atoms with van der Waals surface area (Å²) in [5.74, 6) is -0.348. The van der Waals surface area contributed by atoms with Gasteiger partial charge >= 0.3 is 0 Å². The van der Waals surface area contributed by atoms with Crippen LogP contribution >= 0.6 is 12.4 Å². The summed E-state index contributed by atoms with van der Waals surface area (Å²) < 4.78 is 0. The molecule has 0 aliphatic carbocycles. The van der Waals surface area contributed by atoms with Gasteiger partial charge in [0, 0.05) is 11.6 Å². The predicted octanol–water partition coefficient (Wildman–Crippen LogP) is 0.790. The topological polar surface area (TPSA) is 46.3 Å². The first-order valence-electron chi connectivity index (χ1n) is 3.59. The van der Waals surface area contributed by atoms with Crippen LogP contribution in [-0.4, -0.2) is 30.9 Å². The maximum absolute atomic E-state index is 10.6. The van der Waals surface area contributed by atoms with Crippen molar-refractivity contribution in [2.45, 2.75) is 19.9 Å². The number of halogens is 1. The quantitative estimate of drug-likeness (QED) is 0.673. The van der Waals surface area contributed by atoms with Crippen LogP contribution in [0.15, 0.2) is 11.6 Å². The van der Waals surface area contributed by atoms with E-state index in [0.717, 1.165) is 0 Å². The van der Waals surface area contributed by atoms with Crippen LogP contribution in [0.5, 0.6) is 0 Å². The first-order chi connectivity index (χ1) is 4.95. The van der Waals surface area contributed by atoms with Gasteiger partial charge in [-0.15, -0.1) is 12.4 Å². The van der Waals surface area contributed by atoms with Crippen molar-refractivity contribution in [1.29, 1.82) is 0 Å². The Balaban J connectivity index is 0. The molecular weight excluding hydrogens is 176 g/mol. The van der Waals surface area contributed by atoms with Gasteiger partial charge in [-0.1, -0.05) is 6.08 Å². The molecule has 0 aliphatic rings. The number of rotatable bonds is 3. The van der Waals surface area contributed by atoms with Gasteiger partial charge < -0.3 is 10.6 Å². The normalized spacial score (nSPS) is 13.9. The van der Waals surface area contributed by atoms with Crippen molar-refractivity contribution in [3.63, 3.8) is 0 Å². The minimum atomic E-state index is -0.348. The standard InChI is InChI=1S/C8H16N2O.ClH/c1-6(8(9)11)5-7(2)10(3)4;/h5,7H,1-4H3,(H2,9,11);1H/b6-5-;. The first kappa shape index (κ1) is 14.0. The zero-order valence-corrected chi connectivity index (χ0v) is 8.81. The largest absolute Gasteiger partial charge is 0.366 e. The van der Waals surface area contributed by atoms with E-state index >= 15 is 0 Å². The van der Waals surface area contributed by atoms with Gasteiger partial charge in [-0.05, 0) is 27.9 Å². The molecule has 0 rings (SSSR count). The number of hydrogen-bond acceptors (Lipinski definition) is 2. The average molecular weight is 193 g/mol. The van der Waals surface area contributed by atoms with Gasteiger partial charge in [0.2, 0.25) is 5.91 Å². The maximum Gasteiger partial charge on any atom is 0.244 e. The lowest BCUT2D eigenvalue weighted by atomic mass is 10.2. The zero-order valence-electron chi connectivity index (χ0n) is 8.00. The predicted molar refractivity (Wildman–Crippen MR) is 53.3 cm³/mol. The van der Waals surface area contributed by atoms with E-state index in [2.05, 4.69) is 0 Å². The van der Waals surface area contributed by atoms with Crippen molar-refractivity contribution < 1.29 is 4.79 Å². The summed E-state index contributed by atoms with van der Waals surface area (Å²) in [4.78, 5) is 12.6. The number of carbonyl (C=O) groups excluding carboxylic acids is 1. The van der Waals surface area contributed by atoms with Crippen LogP contribution in [0.1, 0.15) is 13.8 Å². The van der Waals surface area contributed by atoms with Gasteiger partial charge in [-0.3, -0.25) is 4.79 Å². The second-order valence-electron chi connectivity index (χ2n) is 2.92. The van der Waals surface area contributed by atoms with E-state index in [1.165, 1.54) is 0 Å². The van der Waals surface area contributed by atoms with E-state index in [9.17, 15) is 4.79 Å². The Morgan fingerprint density at radius 2 is 1.92 bits per heavy atom. The molecule has 1 amide bonds. The summed E-state index contributed by atoms with van der Waals surface area (Å²) in [5.41, 5.74) is 5.68. The number of carbonyl (C=O) groups is 1. The lowest BCUT2D eigenvalue weighted by molar-refractivity contribution is -0.114. The average Bonchev–Trinajstić information content (AvgIpc) is 1.87. The van der Waals surface area contributed by atoms with Gasteiger partial charge in [0.25, 0.3) is 0 Å². The summed E-state index contributed by atoms with van der Waals surface area (Å²) >= 11 is 0. The molecule has 0 fully saturated rings. The van der Waals surface area contributed by atoms with E-state index in [1.54, 1.807) is 6.92 Å². The van der Waals surface area contributed by atoms with Gasteiger partial charge in [0.05, 0.1) is 0 Å². The van der Waals surface area contributed by atoms with E-state index < -0.39 is 0 Å². The lowest BCUT2D eigenvalue weighted by Crippen LogP contribution is -2.24. The fourth-order valence-corrected chi connectivity index (χ4v) is 0.593. The highest BCUT2D eigenvalue weighted by atomic mass is 35.5. The number of likely N-dealkylation sites (N-methyl/N-ethyl adjacent to an activating group) is 1. The molecule has 0 saturated heterocycles. The molecule has 12 heavy (non-hydrogen) atoms. The zero-order chi connectivity index (χ0) is 9.02. The molecule has 0 bridgehead atoms. The number of nitrogens with two attached hydrogens (primary N) is 1. The van der Waals surface area contributed by atoms with Crippen molar-refractivity contribution in [3.8, 4) is 0 Å². The van der Waals surface area contributed by atoms with Gasteiger partial charge in [-0.2, -0.15) is 0 Å². The Morgan fingerprint density at radius 1 is 1.50 bits per heavy atom. The molecule has 0 heterocycles. The third-order valence-electron chi connectivity index (χ3n) is 1.69. The highest BCUT2D eigenvalue weighted by molar-refractivity contribution is 5.91. The molecule has 0 radical (unpaired) electrons. The Labute approximate surface area is 80.0 Å². The summed E-state index contributed by atoms with van der Waals surface area (Å²) in [7, 11) is 3.91. The fraction of sp³-hybridized carbons (Fsp3) is 0.625. The molecule has 1 atom stereocenters. The third kappa shape index (κ3) is 5.16. The van der Waals surface area contributed by atoms with Crippen LogP contribution in [0.3, 0.4) is 0 Å². The van der Waals surface area contributed by atoms with Crippen LogP contribution in [0.4, 0.5) is 0 Å². The number of primary amides is 1. The Kier molecular flexibility index (Phi) is 7.04. The van der Waals surface area contributed by atoms with Crippen molar-refractivity contribution in [2.24, 2.45) is 5.73 Å². The number of hydrogen-bond donors (Lipinski definition) is 1. The fourth-order valence-electron chi connectivity index (χ4n) is 0.593. The summed E-state index contributed by atoms with van der Waals surface area (Å²) in [6.45, 7) is 3.73. The van der Waals surface area contributed by atoms with Crippen LogP contribution in [0.25, 0.3) is 0 Å². The molecule has 4 heteroatoms. The van der Waals surface area contributed by atoms with Gasteiger partial charge in [0.15, 0.2) is 0 Å². The summed E-state index contributed by atoms with van der Waals surface area (Å²) in [6.07, 6.45) is 1.85. The van der Waals surface area contributed by atoms with Crippen molar-refractivity contribution in [1.82, 2.24) is 4.90 Å². The molecule has 0 aromatic heterocycles. The molecule has 0 aromatic rings. The van der Waals surface area contributed by atoms with Crippen molar-refractivity contribution >= 4 is 18.3 Å². The van der Waals surface area contributed by atoms with E-state index in [1.807, 2.05) is 32.0 Å². The molecule has 0 aromatic carbocycles. The third-order valence-corrected chi connectivity index (χ3v) is 1.69. The maximum atomic E-state index is 10.6. The molecule has 0 saturated carbocycles. The molecular formula is C8H17ClN2O. The van der Waals surface area contributed by atoms with Crippen LogP contribution in [0.2, 0.25) is 0 Å². The monoisotopic (exact) mass is 192 g/mol. The molecule has 72 valence electrons. The minimum absolute atomic E-state index is 0. The van der Waals surface area contributed by atoms with Gasteiger partial charge in [0.1, 0.15) is 0 Å². The molecule has 0 spiro atoms. The smallest absolute Gasteiger partial charge is 0.244 e. The Morgan fingerprint density at radius 3 is 2.17 bits per heavy atom. The Hall–Kier alpha value is -0.540. The van der Waals surface area contributed by atoms with E-state index in [4.69, 9.17) is 5.73 Å². The highest BCUT2D eigenvalue weighted by Gasteiger charge is 2.03. The molecule has 3 nitrogen and oxygen atoms in total. The van der Waals surface area contributed by atoms with Crippen LogP contribution < -0.4 is 5.73 Å². The first-order valence-corrected chi connectivity index (χ1v) is 3.59. The van der Waals surface area contributed by atoms with Crippen molar-refractivity contribution in [3.05, 3.63) is 11.6 Å². The second kappa shape index (κ2) is 6.03. The molecule has 2 N–H and O–H groups in total. The van der Waals surface area contributed by atoms with E-state index in [0.29, 0.717) is 5.57 Å². The van der Waals surface area contributed by atoms with Crippen LogP contribution in [-0.2, 0) is 4.79 Å². The molecule has 1 unspecified atom stereocenters. The van der Waals surface area contributed by atoms with Crippen molar-refractivity contribution in [2.75, 3.05) is 14.1 Å². The number of nitrogens with zero attached hydrogens (tertiary/aromatic N) is 1. The summed E-state index contributed by atoms with van der Waals surface area (Å²) in [5, 5.41) is 0.